The summed E-state index contributed by atoms with van der Waals surface area (Å²) in [5.41, 5.74) is 3.82. The Balaban J connectivity index is 1.47. The van der Waals surface area contributed by atoms with Gasteiger partial charge in [0.2, 0.25) is 0 Å². The van der Waals surface area contributed by atoms with Gasteiger partial charge in [-0.2, -0.15) is 0 Å². The number of imidazole rings is 1. The van der Waals surface area contributed by atoms with E-state index in [0.29, 0.717) is 35.6 Å². The van der Waals surface area contributed by atoms with E-state index in [-0.39, 0.29) is 17.8 Å². The van der Waals surface area contributed by atoms with E-state index in [1.807, 2.05) is 6.07 Å². The molecule has 0 bridgehead atoms. The zero-order chi connectivity index (χ0) is 24.2. The van der Waals surface area contributed by atoms with E-state index < -0.39 is 0 Å². The molecule has 1 aliphatic rings. The molecule has 4 rings (SSSR count). The highest BCUT2D eigenvalue weighted by Gasteiger charge is 2.32. The largest absolute Gasteiger partial charge is 0.465 e. The van der Waals surface area contributed by atoms with Crippen molar-refractivity contribution < 1.29 is 14.3 Å². The Morgan fingerprint density at radius 3 is 2.79 bits per heavy atom. The van der Waals surface area contributed by atoms with Crippen LogP contribution in [0.4, 0.5) is 0 Å². The van der Waals surface area contributed by atoms with Gasteiger partial charge in [0, 0.05) is 25.4 Å². The second kappa shape index (κ2) is 10.2. The van der Waals surface area contributed by atoms with Gasteiger partial charge >= 0.3 is 5.97 Å². The van der Waals surface area contributed by atoms with Crippen LogP contribution in [-0.4, -0.2) is 45.5 Å². The summed E-state index contributed by atoms with van der Waals surface area (Å²) in [5, 5.41) is 3.03. The molecule has 3 atom stereocenters. The number of benzene rings is 1. The smallest absolute Gasteiger partial charge is 0.337 e. The number of carbonyl (C=O) groups excluding carboxylic acids is 2. The van der Waals surface area contributed by atoms with Crippen LogP contribution in [0.25, 0.3) is 11.0 Å². The fourth-order valence-electron chi connectivity index (χ4n) is 4.86. The number of nitrogens with zero attached hydrogens (tertiary/aromatic N) is 3. The molecule has 34 heavy (non-hydrogen) atoms. The molecule has 3 unspecified atom stereocenters. The summed E-state index contributed by atoms with van der Waals surface area (Å²) in [5.74, 6) is 1.88. The van der Waals surface area contributed by atoms with E-state index in [9.17, 15) is 9.59 Å². The molecule has 1 amide bonds. The Hall–Kier alpha value is -3.55. The van der Waals surface area contributed by atoms with Crippen molar-refractivity contribution in [2.24, 2.45) is 23.7 Å². The molecule has 178 valence electrons. The van der Waals surface area contributed by atoms with Gasteiger partial charge in [-0.25, -0.2) is 14.8 Å². The topological polar surface area (TPSA) is 110 Å². The number of rotatable bonds is 7. The predicted octanol–water partition coefficient (Wildman–Crippen LogP) is 3.97. The van der Waals surface area contributed by atoms with Crippen LogP contribution in [0.3, 0.4) is 0 Å². The lowest BCUT2D eigenvalue weighted by Gasteiger charge is -2.37. The lowest BCUT2D eigenvalue weighted by atomic mass is 9.70. The van der Waals surface area contributed by atoms with Crippen molar-refractivity contribution in [2.75, 3.05) is 13.7 Å². The van der Waals surface area contributed by atoms with Gasteiger partial charge in [-0.1, -0.05) is 25.5 Å². The van der Waals surface area contributed by atoms with E-state index in [4.69, 9.17) is 9.72 Å². The van der Waals surface area contributed by atoms with Crippen molar-refractivity contribution >= 4 is 22.9 Å². The molecule has 8 nitrogen and oxygen atoms in total. The molecule has 2 heterocycles. The van der Waals surface area contributed by atoms with Crippen molar-refractivity contribution in [1.29, 1.82) is 0 Å². The summed E-state index contributed by atoms with van der Waals surface area (Å²) in [4.78, 5) is 40.5. The number of aromatic nitrogens is 4. The standard InChI is InChI=1S/C26H31N5O3/c1-15(2)20-10-18(12-24-30-21-6-5-17(26(33)34-4)11-22(21)31-24)16(3)9-19(20)13-29-25(32)23-14-27-7-8-28-23/h5-9,11,14-15,18-20H,10,12-13H2,1-4H3,(H,29,32)(H,30,31). The Morgan fingerprint density at radius 2 is 2.09 bits per heavy atom. The van der Waals surface area contributed by atoms with Crippen LogP contribution < -0.4 is 5.32 Å². The third-order valence-electron chi connectivity index (χ3n) is 6.77. The van der Waals surface area contributed by atoms with Gasteiger partial charge in [0.15, 0.2) is 0 Å². The predicted molar refractivity (Wildman–Crippen MR) is 129 cm³/mol. The van der Waals surface area contributed by atoms with Crippen LogP contribution in [0.15, 0.2) is 48.4 Å². The van der Waals surface area contributed by atoms with Crippen LogP contribution in [0, 0.1) is 23.7 Å². The fourth-order valence-corrected chi connectivity index (χ4v) is 4.86. The Morgan fingerprint density at radius 1 is 1.26 bits per heavy atom. The van der Waals surface area contributed by atoms with Crippen molar-refractivity contribution in [1.82, 2.24) is 25.3 Å². The zero-order valence-electron chi connectivity index (χ0n) is 20.0. The van der Waals surface area contributed by atoms with E-state index >= 15 is 0 Å². The average molecular weight is 462 g/mol. The van der Waals surface area contributed by atoms with E-state index in [1.165, 1.54) is 25.1 Å². The van der Waals surface area contributed by atoms with Crippen molar-refractivity contribution in [3.63, 3.8) is 0 Å². The van der Waals surface area contributed by atoms with E-state index in [0.717, 1.165) is 29.7 Å². The summed E-state index contributed by atoms with van der Waals surface area (Å²) >= 11 is 0. The number of aromatic amines is 1. The fraction of sp³-hybridized carbons (Fsp3) is 0.423. The SMILES string of the molecule is COC(=O)c1ccc2nc(CC3CC(C(C)C)C(CNC(=O)c4cnccn4)C=C3C)[nH]c2c1. The first-order chi connectivity index (χ1) is 16.4. The maximum Gasteiger partial charge on any atom is 0.337 e. The first-order valence-corrected chi connectivity index (χ1v) is 11.6. The molecule has 0 spiro atoms. The number of allylic oxidation sites excluding steroid dienone is 1. The second-order valence-electron chi connectivity index (χ2n) is 9.33. The maximum atomic E-state index is 12.4. The molecule has 8 heteroatoms. The van der Waals surface area contributed by atoms with Gasteiger partial charge in [0.05, 0.1) is 29.9 Å². The Labute approximate surface area is 199 Å². The van der Waals surface area contributed by atoms with Gasteiger partial charge < -0.3 is 15.0 Å². The molecule has 0 fully saturated rings. The van der Waals surface area contributed by atoms with Crippen LogP contribution in [0.5, 0.6) is 0 Å². The normalized spacial score (nSPS) is 20.3. The number of nitrogens with one attached hydrogen (secondary N) is 2. The minimum absolute atomic E-state index is 0.197. The number of methoxy groups -OCH3 is 1. The minimum Gasteiger partial charge on any atom is -0.465 e. The Bertz CT molecular complexity index is 1200. The van der Waals surface area contributed by atoms with Gasteiger partial charge in [-0.05, 0) is 55.2 Å². The number of amides is 1. The lowest BCUT2D eigenvalue weighted by molar-refractivity contribution is 0.0600. The number of ether oxygens (including phenoxy) is 1. The first-order valence-electron chi connectivity index (χ1n) is 11.6. The summed E-state index contributed by atoms with van der Waals surface area (Å²) in [7, 11) is 1.38. The molecular formula is C26H31N5O3. The number of H-pyrrole nitrogens is 1. The number of hydrogen-bond donors (Lipinski definition) is 2. The van der Waals surface area contributed by atoms with E-state index in [2.05, 4.69) is 47.1 Å². The highest BCUT2D eigenvalue weighted by atomic mass is 16.5. The van der Waals surface area contributed by atoms with Crippen molar-refractivity contribution in [2.45, 2.75) is 33.6 Å². The third-order valence-corrected chi connectivity index (χ3v) is 6.77. The van der Waals surface area contributed by atoms with Crippen LogP contribution in [0.1, 0.15) is 53.9 Å². The third kappa shape index (κ3) is 5.16. The summed E-state index contributed by atoms with van der Waals surface area (Å²) < 4.78 is 4.82. The minimum atomic E-state index is -0.360. The number of fused-ring (bicyclic) bond motifs is 1. The quantitative estimate of drug-likeness (QED) is 0.407. The van der Waals surface area contributed by atoms with Gasteiger partial charge in [-0.3, -0.25) is 9.78 Å². The summed E-state index contributed by atoms with van der Waals surface area (Å²) in [6.45, 7) is 7.21. The molecule has 0 saturated heterocycles. The highest BCUT2D eigenvalue weighted by molar-refractivity contribution is 5.93. The second-order valence-corrected chi connectivity index (χ2v) is 9.33. The zero-order valence-corrected chi connectivity index (χ0v) is 20.0. The van der Waals surface area contributed by atoms with Crippen molar-refractivity contribution in [3.8, 4) is 0 Å². The van der Waals surface area contributed by atoms with Gasteiger partial charge in [0.1, 0.15) is 11.5 Å². The average Bonchev–Trinajstić information content (AvgIpc) is 3.25. The number of esters is 1. The summed E-state index contributed by atoms with van der Waals surface area (Å²) in [6.07, 6.45) is 8.69. The molecule has 2 aromatic heterocycles. The molecule has 0 aliphatic heterocycles. The first kappa shape index (κ1) is 23.6. The molecule has 2 N–H and O–H groups in total. The van der Waals surface area contributed by atoms with Gasteiger partial charge in [-0.15, -0.1) is 0 Å². The highest BCUT2D eigenvalue weighted by Crippen LogP contribution is 2.38. The van der Waals surface area contributed by atoms with E-state index in [1.54, 1.807) is 18.3 Å². The van der Waals surface area contributed by atoms with Crippen molar-refractivity contribution in [3.05, 3.63) is 65.5 Å². The maximum absolute atomic E-state index is 12.4. The number of carbonyl (C=O) groups is 2. The molecule has 1 aliphatic carbocycles. The Kier molecular flexibility index (Phi) is 7.05. The molecule has 1 aromatic carbocycles. The lowest BCUT2D eigenvalue weighted by Crippen LogP contribution is -2.37. The molecule has 3 aromatic rings. The van der Waals surface area contributed by atoms with Crippen LogP contribution in [0.2, 0.25) is 0 Å². The molecular weight excluding hydrogens is 430 g/mol. The van der Waals surface area contributed by atoms with Gasteiger partial charge in [0.25, 0.3) is 5.91 Å². The molecule has 0 radical (unpaired) electrons. The summed E-state index contributed by atoms with van der Waals surface area (Å²) in [6, 6.07) is 5.37. The van der Waals surface area contributed by atoms with Crippen LogP contribution in [-0.2, 0) is 11.2 Å². The monoisotopic (exact) mass is 461 g/mol. The number of hydrogen-bond acceptors (Lipinski definition) is 6. The molecule has 0 saturated carbocycles. The van der Waals surface area contributed by atoms with Crippen LogP contribution >= 0.6 is 0 Å².